The Morgan fingerprint density at radius 3 is 2.48 bits per heavy atom. The van der Waals surface area contributed by atoms with Crippen LogP contribution in [-0.4, -0.2) is 28.3 Å². The summed E-state index contributed by atoms with van der Waals surface area (Å²) in [4.78, 5) is 28.2. The zero-order valence-electron chi connectivity index (χ0n) is 12.6. The molecular weight excluding hydrogens is 352 g/mol. The van der Waals surface area contributed by atoms with E-state index in [0.717, 1.165) is 9.35 Å². The normalized spacial score (nSPS) is 21.5. The molecule has 2 rings (SSSR count). The third-order valence-corrected chi connectivity index (χ3v) is 6.22. The topological polar surface area (TPSA) is 49.4 Å². The number of thiophene rings is 1. The Bertz CT molecular complexity index is 540. The number of amides is 2. The average Bonchev–Trinajstić information content (AvgIpc) is 2.88. The monoisotopic (exact) mass is 372 g/mol. The van der Waals surface area contributed by atoms with Crippen LogP contribution in [0.5, 0.6) is 0 Å². The van der Waals surface area contributed by atoms with Crippen LogP contribution in [0, 0.1) is 0 Å². The molecule has 0 radical (unpaired) electrons. The fourth-order valence-corrected chi connectivity index (χ4v) is 4.32. The van der Waals surface area contributed by atoms with Gasteiger partial charge < -0.3 is 10.2 Å². The minimum absolute atomic E-state index is 0.0338. The van der Waals surface area contributed by atoms with Crippen LogP contribution < -0.4 is 5.32 Å². The molecule has 1 N–H and O–H groups in total. The number of halogens is 1. The van der Waals surface area contributed by atoms with E-state index in [1.807, 2.05) is 32.2 Å². The van der Waals surface area contributed by atoms with Crippen LogP contribution in [0.4, 0.5) is 0 Å². The lowest BCUT2D eigenvalue weighted by Gasteiger charge is -2.45. The first-order chi connectivity index (χ1) is 9.99. The Morgan fingerprint density at radius 1 is 1.33 bits per heavy atom. The van der Waals surface area contributed by atoms with Gasteiger partial charge in [0.15, 0.2) is 0 Å². The van der Waals surface area contributed by atoms with Crippen molar-refractivity contribution >= 4 is 39.1 Å². The largest absolute Gasteiger partial charge is 0.340 e. The number of nitrogens with one attached hydrogen (secondary N) is 1. The SMILES string of the molecule is CCC1C(=O)NC(CC)(CC)C(=O)N1Cc1sccc1Br. The molecule has 1 aromatic rings. The summed E-state index contributed by atoms with van der Waals surface area (Å²) in [5, 5.41) is 4.95. The Balaban J connectivity index is 2.35. The smallest absolute Gasteiger partial charge is 0.249 e. The molecule has 0 saturated carbocycles. The molecule has 1 aliphatic rings. The molecular formula is C15H21BrN2O2S. The molecule has 1 aromatic heterocycles. The molecule has 2 heterocycles. The molecule has 2 amide bonds. The number of piperazine rings is 1. The van der Waals surface area contributed by atoms with E-state index in [1.54, 1.807) is 16.2 Å². The number of carbonyl (C=O) groups is 2. The van der Waals surface area contributed by atoms with E-state index in [-0.39, 0.29) is 17.9 Å². The van der Waals surface area contributed by atoms with Crippen molar-refractivity contribution in [3.8, 4) is 0 Å². The Kier molecular flexibility index (Phi) is 5.09. The van der Waals surface area contributed by atoms with Gasteiger partial charge in [-0.2, -0.15) is 0 Å². The summed E-state index contributed by atoms with van der Waals surface area (Å²) < 4.78 is 1.000. The fraction of sp³-hybridized carbons (Fsp3) is 0.600. The summed E-state index contributed by atoms with van der Waals surface area (Å²) in [7, 11) is 0. The van der Waals surface area contributed by atoms with Gasteiger partial charge in [0, 0.05) is 9.35 Å². The summed E-state index contributed by atoms with van der Waals surface area (Å²) >= 11 is 5.11. The van der Waals surface area contributed by atoms with Crippen LogP contribution in [0.1, 0.15) is 44.9 Å². The van der Waals surface area contributed by atoms with Crippen molar-refractivity contribution in [1.82, 2.24) is 10.2 Å². The summed E-state index contributed by atoms with van der Waals surface area (Å²) in [6, 6.07) is 1.60. The zero-order chi connectivity index (χ0) is 15.6. The third kappa shape index (κ3) is 2.88. The van der Waals surface area contributed by atoms with E-state index in [2.05, 4.69) is 21.2 Å². The molecule has 1 saturated heterocycles. The molecule has 1 atom stereocenters. The van der Waals surface area contributed by atoms with Gasteiger partial charge in [-0.3, -0.25) is 9.59 Å². The maximum atomic E-state index is 13.0. The van der Waals surface area contributed by atoms with E-state index < -0.39 is 5.54 Å². The maximum absolute atomic E-state index is 13.0. The zero-order valence-corrected chi connectivity index (χ0v) is 15.0. The summed E-state index contributed by atoms with van der Waals surface area (Å²) in [5.74, 6) is 0.00716. The fourth-order valence-electron chi connectivity index (χ4n) is 2.84. The van der Waals surface area contributed by atoms with E-state index in [4.69, 9.17) is 0 Å². The quantitative estimate of drug-likeness (QED) is 0.861. The molecule has 1 aliphatic heterocycles. The number of hydrogen-bond donors (Lipinski definition) is 1. The molecule has 1 fully saturated rings. The predicted molar refractivity (Wildman–Crippen MR) is 88.1 cm³/mol. The summed E-state index contributed by atoms with van der Waals surface area (Å²) in [5.41, 5.74) is -0.744. The van der Waals surface area contributed by atoms with Crippen LogP contribution in [0.15, 0.2) is 15.9 Å². The highest BCUT2D eigenvalue weighted by molar-refractivity contribution is 9.10. The molecule has 4 nitrogen and oxygen atoms in total. The van der Waals surface area contributed by atoms with Crippen molar-refractivity contribution in [1.29, 1.82) is 0 Å². The lowest BCUT2D eigenvalue weighted by Crippen LogP contribution is -2.69. The van der Waals surface area contributed by atoms with Crippen molar-refractivity contribution < 1.29 is 9.59 Å². The van der Waals surface area contributed by atoms with Crippen LogP contribution >= 0.6 is 27.3 Å². The number of rotatable bonds is 5. The lowest BCUT2D eigenvalue weighted by atomic mass is 9.86. The molecule has 21 heavy (non-hydrogen) atoms. The van der Waals surface area contributed by atoms with Gasteiger partial charge in [-0.15, -0.1) is 11.3 Å². The second kappa shape index (κ2) is 6.48. The molecule has 0 spiro atoms. The van der Waals surface area contributed by atoms with E-state index in [1.165, 1.54) is 0 Å². The van der Waals surface area contributed by atoms with Crippen LogP contribution in [0.2, 0.25) is 0 Å². The molecule has 116 valence electrons. The summed E-state index contributed by atoms with van der Waals surface area (Å²) in [6.07, 6.45) is 1.86. The highest BCUT2D eigenvalue weighted by atomic mass is 79.9. The maximum Gasteiger partial charge on any atom is 0.249 e. The van der Waals surface area contributed by atoms with E-state index in [9.17, 15) is 9.59 Å². The van der Waals surface area contributed by atoms with Gasteiger partial charge in [-0.25, -0.2) is 0 Å². The van der Waals surface area contributed by atoms with Crippen molar-refractivity contribution in [2.75, 3.05) is 0 Å². The number of hydrogen-bond acceptors (Lipinski definition) is 3. The highest BCUT2D eigenvalue weighted by Crippen LogP contribution is 2.31. The van der Waals surface area contributed by atoms with Crippen molar-refractivity contribution in [3.63, 3.8) is 0 Å². The van der Waals surface area contributed by atoms with Crippen LogP contribution in [0.3, 0.4) is 0 Å². The molecule has 0 aliphatic carbocycles. The average molecular weight is 373 g/mol. The second-order valence-corrected chi connectivity index (χ2v) is 7.18. The molecule has 1 unspecified atom stereocenters. The number of carbonyl (C=O) groups excluding carboxylic acids is 2. The van der Waals surface area contributed by atoms with Crippen molar-refractivity contribution in [3.05, 3.63) is 20.8 Å². The minimum Gasteiger partial charge on any atom is -0.340 e. The first-order valence-corrected chi connectivity index (χ1v) is 9.01. The van der Waals surface area contributed by atoms with Crippen molar-refractivity contribution in [2.24, 2.45) is 0 Å². The van der Waals surface area contributed by atoms with Gasteiger partial charge in [0.2, 0.25) is 11.8 Å². The Labute approximate surface area is 138 Å². The Hall–Kier alpha value is -0.880. The van der Waals surface area contributed by atoms with Gasteiger partial charge in [0.1, 0.15) is 11.6 Å². The predicted octanol–water partition coefficient (Wildman–Crippen LogP) is 3.31. The molecule has 6 heteroatoms. The van der Waals surface area contributed by atoms with Gasteiger partial charge in [-0.05, 0) is 46.6 Å². The first kappa shape index (κ1) is 16.5. The van der Waals surface area contributed by atoms with Gasteiger partial charge >= 0.3 is 0 Å². The van der Waals surface area contributed by atoms with Gasteiger partial charge in [-0.1, -0.05) is 20.8 Å². The molecule has 0 aromatic carbocycles. The first-order valence-electron chi connectivity index (χ1n) is 7.34. The number of nitrogens with zero attached hydrogens (tertiary/aromatic N) is 1. The van der Waals surface area contributed by atoms with E-state index in [0.29, 0.717) is 25.8 Å². The van der Waals surface area contributed by atoms with Crippen molar-refractivity contribution in [2.45, 2.75) is 58.2 Å². The minimum atomic E-state index is -0.744. The lowest BCUT2D eigenvalue weighted by molar-refractivity contribution is -0.156. The third-order valence-electron chi connectivity index (χ3n) is 4.31. The summed E-state index contributed by atoms with van der Waals surface area (Å²) in [6.45, 7) is 6.34. The Morgan fingerprint density at radius 2 is 2.00 bits per heavy atom. The standard InChI is InChI=1S/C15H21BrN2O2S/c1-4-11-13(19)17-15(5-2,6-3)14(20)18(11)9-12-10(16)7-8-21-12/h7-8,11H,4-6,9H2,1-3H3,(H,17,19). The van der Waals surface area contributed by atoms with Gasteiger partial charge in [0.25, 0.3) is 0 Å². The van der Waals surface area contributed by atoms with Gasteiger partial charge in [0.05, 0.1) is 6.54 Å². The van der Waals surface area contributed by atoms with Crippen LogP contribution in [0.25, 0.3) is 0 Å². The van der Waals surface area contributed by atoms with Crippen LogP contribution in [-0.2, 0) is 16.1 Å². The second-order valence-electron chi connectivity index (χ2n) is 5.33. The molecule has 0 bridgehead atoms. The highest BCUT2D eigenvalue weighted by Gasteiger charge is 2.48. The van der Waals surface area contributed by atoms with E-state index >= 15 is 0 Å².